The van der Waals surface area contributed by atoms with E-state index in [0.29, 0.717) is 44.4 Å². The molecule has 2 aromatic heterocycles. The van der Waals surface area contributed by atoms with Crippen LogP contribution in [-0.4, -0.2) is 66.0 Å². The molecule has 1 saturated heterocycles. The lowest BCUT2D eigenvalue weighted by Gasteiger charge is -2.26. The summed E-state index contributed by atoms with van der Waals surface area (Å²) in [5, 5.41) is 9.38. The van der Waals surface area contributed by atoms with E-state index in [-0.39, 0.29) is 4.90 Å². The van der Waals surface area contributed by atoms with Crippen molar-refractivity contribution in [2.75, 3.05) is 38.7 Å². The first kappa shape index (κ1) is 20.7. The number of hydrogen-bond donors (Lipinski definition) is 0. The minimum absolute atomic E-state index is 0.270. The maximum Gasteiger partial charge on any atom is 0.243 e. The normalized spacial score (nSPS) is 15.6. The van der Waals surface area contributed by atoms with Crippen molar-refractivity contribution in [2.24, 2.45) is 0 Å². The molecular formula is C20H20N4O4S3. The molecule has 1 aliphatic rings. The van der Waals surface area contributed by atoms with Gasteiger partial charge in [0.25, 0.3) is 0 Å². The first-order valence-corrected chi connectivity index (χ1v) is 13.0. The Hall–Kier alpha value is -2.18. The van der Waals surface area contributed by atoms with Crippen LogP contribution in [0.4, 0.5) is 0 Å². The Kier molecular flexibility index (Phi) is 5.85. The van der Waals surface area contributed by atoms with Crippen LogP contribution >= 0.6 is 23.1 Å². The number of morpholine rings is 1. The summed E-state index contributed by atoms with van der Waals surface area (Å²) in [6.07, 6.45) is 0. The molecule has 5 rings (SSSR count). The molecule has 0 aliphatic carbocycles. The van der Waals surface area contributed by atoms with E-state index < -0.39 is 10.0 Å². The Bertz CT molecular complexity index is 1300. The number of ether oxygens (including phenoxy) is 2. The number of sulfonamides is 1. The molecule has 1 aliphatic heterocycles. The lowest BCUT2D eigenvalue weighted by molar-refractivity contribution is 0.0730. The average Bonchev–Trinajstić information content (AvgIpc) is 3.37. The van der Waals surface area contributed by atoms with Crippen molar-refractivity contribution in [2.45, 2.75) is 10.1 Å². The third kappa shape index (κ3) is 4.15. The Morgan fingerprint density at radius 2 is 1.84 bits per heavy atom. The lowest BCUT2D eigenvalue weighted by atomic mass is 10.3. The molecule has 0 spiro atoms. The zero-order valence-corrected chi connectivity index (χ0v) is 19.0. The second-order valence-corrected chi connectivity index (χ2v) is 10.9. The molecule has 11 heteroatoms. The molecule has 1 fully saturated rings. The van der Waals surface area contributed by atoms with Gasteiger partial charge in [0.1, 0.15) is 5.75 Å². The molecule has 0 amide bonds. The van der Waals surface area contributed by atoms with Crippen LogP contribution in [0.25, 0.3) is 15.2 Å². The van der Waals surface area contributed by atoms with Crippen LogP contribution in [0.1, 0.15) is 0 Å². The Morgan fingerprint density at radius 3 is 2.65 bits per heavy atom. The van der Waals surface area contributed by atoms with E-state index in [1.54, 1.807) is 47.4 Å². The molecule has 0 unspecified atom stereocenters. The van der Waals surface area contributed by atoms with Crippen molar-refractivity contribution in [3.05, 3.63) is 48.5 Å². The minimum Gasteiger partial charge on any atom is -0.493 e. The van der Waals surface area contributed by atoms with Gasteiger partial charge in [-0.3, -0.25) is 4.40 Å². The Morgan fingerprint density at radius 1 is 1.06 bits per heavy atom. The highest BCUT2D eigenvalue weighted by Gasteiger charge is 2.26. The first-order valence-electron chi connectivity index (χ1n) is 9.79. The zero-order chi connectivity index (χ0) is 21.3. The van der Waals surface area contributed by atoms with Gasteiger partial charge in [-0.25, -0.2) is 8.42 Å². The van der Waals surface area contributed by atoms with Gasteiger partial charge in [0, 0.05) is 18.8 Å². The number of thioether (sulfide) groups is 1. The van der Waals surface area contributed by atoms with E-state index in [2.05, 4.69) is 26.7 Å². The maximum atomic E-state index is 12.7. The Labute approximate surface area is 187 Å². The lowest BCUT2D eigenvalue weighted by Crippen LogP contribution is -2.40. The van der Waals surface area contributed by atoms with E-state index in [1.165, 1.54) is 9.01 Å². The van der Waals surface area contributed by atoms with E-state index in [4.69, 9.17) is 9.47 Å². The summed E-state index contributed by atoms with van der Waals surface area (Å²) >= 11 is 3.20. The number of fused-ring (bicyclic) bond motifs is 3. The van der Waals surface area contributed by atoms with E-state index in [0.717, 1.165) is 15.6 Å². The third-order valence-electron chi connectivity index (χ3n) is 4.93. The average molecular weight is 477 g/mol. The molecule has 8 nitrogen and oxygen atoms in total. The van der Waals surface area contributed by atoms with Crippen molar-refractivity contribution >= 4 is 48.3 Å². The van der Waals surface area contributed by atoms with Gasteiger partial charge >= 0.3 is 0 Å². The van der Waals surface area contributed by atoms with Crippen molar-refractivity contribution in [3.8, 4) is 5.75 Å². The fourth-order valence-electron chi connectivity index (χ4n) is 3.39. The third-order valence-corrected chi connectivity index (χ3v) is 8.74. The van der Waals surface area contributed by atoms with Crippen molar-refractivity contribution < 1.29 is 17.9 Å². The summed E-state index contributed by atoms with van der Waals surface area (Å²) < 4.78 is 41.1. The fourth-order valence-corrected chi connectivity index (χ4v) is 6.58. The first-order chi connectivity index (χ1) is 15.1. The number of benzene rings is 2. The van der Waals surface area contributed by atoms with Crippen LogP contribution in [0.3, 0.4) is 0 Å². The van der Waals surface area contributed by atoms with Crippen LogP contribution in [0, 0.1) is 0 Å². The summed E-state index contributed by atoms with van der Waals surface area (Å²) in [5.41, 5.74) is 1.10. The van der Waals surface area contributed by atoms with Gasteiger partial charge in [0.05, 0.1) is 34.9 Å². The summed E-state index contributed by atoms with van der Waals surface area (Å²) in [4.78, 5) is 1.15. The number of aromatic nitrogens is 3. The van der Waals surface area contributed by atoms with Crippen molar-refractivity contribution in [3.63, 3.8) is 0 Å². The summed E-state index contributed by atoms with van der Waals surface area (Å²) in [6.45, 7) is 2.09. The highest BCUT2D eigenvalue weighted by atomic mass is 32.2. The predicted molar refractivity (Wildman–Crippen MR) is 121 cm³/mol. The van der Waals surface area contributed by atoms with Crippen molar-refractivity contribution in [1.82, 2.24) is 18.9 Å². The quantitative estimate of drug-likeness (QED) is 0.299. The van der Waals surface area contributed by atoms with Crippen LogP contribution < -0.4 is 4.74 Å². The molecular weight excluding hydrogens is 456 g/mol. The standard InChI is InChI=1S/C20H20N4O4S3/c25-31(26,23-9-11-27-12-10-23)16-7-5-15(6-8-16)28-13-14-29-19-21-22-20-24(19)17-3-1-2-4-18(17)30-20/h1-8H,9-14H2. The molecule has 2 aromatic carbocycles. The fraction of sp³-hybridized carbons (Fsp3) is 0.300. The van der Waals surface area contributed by atoms with Crippen LogP contribution in [0.15, 0.2) is 58.6 Å². The highest BCUT2D eigenvalue weighted by molar-refractivity contribution is 7.99. The summed E-state index contributed by atoms with van der Waals surface area (Å²) in [6, 6.07) is 14.7. The van der Waals surface area contributed by atoms with Crippen LogP contribution in [0.5, 0.6) is 5.75 Å². The molecule has 31 heavy (non-hydrogen) atoms. The molecule has 0 bridgehead atoms. The zero-order valence-electron chi connectivity index (χ0n) is 16.5. The number of hydrogen-bond acceptors (Lipinski definition) is 8. The maximum absolute atomic E-state index is 12.7. The van der Waals surface area contributed by atoms with Gasteiger partial charge in [-0.1, -0.05) is 35.2 Å². The molecule has 0 atom stereocenters. The van der Waals surface area contributed by atoms with Gasteiger partial charge in [-0.2, -0.15) is 4.31 Å². The van der Waals surface area contributed by atoms with E-state index in [9.17, 15) is 8.42 Å². The van der Waals surface area contributed by atoms with Crippen molar-refractivity contribution in [1.29, 1.82) is 0 Å². The Balaban J connectivity index is 1.19. The highest BCUT2D eigenvalue weighted by Crippen LogP contribution is 2.29. The number of rotatable bonds is 7. The largest absolute Gasteiger partial charge is 0.493 e. The minimum atomic E-state index is -3.49. The summed E-state index contributed by atoms with van der Waals surface area (Å²) in [5.74, 6) is 1.33. The van der Waals surface area contributed by atoms with Gasteiger partial charge < -0.3 is 9.47 Å². The molecule has 0 saturated carbocycles. The van der Waals surface area contributed by atoms with Crippen LogP contribution in [-0.2, 0) is 14.8 Å². The smallest absolute Gasteiger partial charge is 0.243 e. The second kappa shape index (κ2) is 8.75. The number of para-hydroxylation sites is 1. The number of thiazole rings is 1. The molecule has 3 heterocycles. The summed E-state index contributed by atoms with van der Waals surface area (Å²) in [7, 11) is -3.49. The van der Waals surface area contributed by atoms with Crippen LogP contribution in [0.2, 0.25) is 0 Å². The SMILES string of the molecule is O=S(=O)(c1ccc(OCCSc2nnc3sc4ccccc4n23)cc1)N1CCOCC1. The number of nitrogens with zero attached hydrogens (tertiary/aromatic N) is 4. The van der Waals surface area contributed by atoms with Gasteiger partial charge in [-0.15, -0.1) is 10.2 Å². The van der Waals surface area contributed by atoms with Gasteiger partial charge in [0.15, 0.2) is 5.16 Å². The van der Waals surface area contributed by atoms with Gasteiger partial charge in [0.2, 0.25) is 15.0 Å². The van der Waals surface area contributed by atoms with Gasteiger partial charge in [-0.05, 0) is 36.4 Å². The second-order valence-electron chi connectivity index (χ2n) is 6.86. The predicted octanol–water partition coefficient (Wildman–Crippen LogP) is 3.14. The topological polar surface area (TPSA) is 86.0 Å². The van der Waals surface area contributed by atoms with E-state index in [1.807, 2.05) is 12.1 Å². The molecule has 4 aromatic rings. The molecule has 0 radical (unpaired) electrons. The monoisotopic (exact) mass is 476 g/mol. The van der Waals surface area contributed by atoms with E-state index >= 15 is 0 Å². The molecule has 0 N–H and O–H groups in total. The molecule has 162 valence electrons.